The fourth-order valence-corrected chi connectivity index (χ4v) is 6.51. The highest BCUT2D eigenvalue weighted by Gasteiger charge is 2.34. The van der Waals surface area contributed by atoms with E-state index in [0.29, 0.717) is 39.6 Å². The Morgan fingerprint density at radius 2 is 1.93 bits per heavy atom. The van der Waals surface area contributed by atoms with Gasteiger partial charge in [-0.15, -0.1) is 0 Å². The van der Waals surface area contributed by atoms with Gasteiger partial charge in [-0.25, -0.2) is 13.7 Å². The maximum Gasteiger partial charge on any atom is 0.334 e. The van der Waals surface area contributed by atoms with Crippen LogP contribution in [0.5, 0.6) is 0 Å². The number of carbonyl (C=O) groups is 1. The van der Waals surface area contributed by atoms with E-state index < -0.39 is 17.3 Å². The van der Waals surface area contributed by atoms with Crippen LogP contribution in [0.15, 0.2) is 40.9 Å². The van der Waals surface area contributed by atoms with Gasteiger partial charge in [0.05, 0.1) is 27.5 Å². The Labute approximate surface area is 246 Å². The third kappa shape index (κ3) is 5.83. The Morgan fingerprint density at radius 3 is 2.62 bits per heavy atom. The number of piperidine rings is 1. The van der Waals surface area contributed by atoms with Crippen LogP contribution in [0.1, 0.15) is 42.9 Å². The minimum Gasteiger partial charge on any atom is -0.373 e. The Kier molecular flexibility index (Phi) is 7.98. The second-order valence-corrected chi connectivity index (χ2v) is 12.1. The van der Waals surface area contributed by atoms with Crippen LogP contribution in [0.4, 0.5) is 16.3 Å². The number of amides is 2. The van der Waals surface area contributed by atoms with Gasteiger partial charge in [-0.05, 0) is 67.5 Å². The number of nitrogens with one attached hydrogen (secondary N) is 2. The standard InChI is InChI=1S/C26H25Cl2N5O5S2/c27-19-2-1-3-20(28)22(19)23-18(24(38-30-23)14-4-5-14)13-37-16-8-10-33(11-9-16)15-6-7-17-21(12-15)39-31-25(17)29-26(34)32-40(35)36/h1-3,6-7,12,14,16H,4-5,8-11,13H2,(H,35,36)(H2,29,31,32,34). The summed E-state index contributed by atoms with van der Waals surface area (Å²) in [6.45, 7) is 2.04. The molecule has 4 aromatic rings. The van der Waals surface area contributed by atoms with Gasteiger partial charge in [0.1, 0.15) is 11.5 Å². The maximum atomic E-state index is 11.8. The molecule has 2 aromatic heterocycles. The predicted octanol–water partition coefficient (Wildman–Crippen LogP) is 6.58. The van der Waals surface area contributed by atoms with Crippen LogP contribution in [0, 0.1) is 0 Å². The van der Waals surface area contributed by atoms with E-state index in [9.17, 15) is 9.00 Å². The number of nitrogens with zero attached hydrogens (tertiary/aromatic N) is 3. The van der Waals surface area contributed by atoms with Crippen LogP contribution in [0.3, 0.4) is 0 Å². The molecule has 3 N–H and O–H groups in total. The number of rotatable bonds is 8. The smallest absolute Gasteiger partial charge is 0.334 e. The van der Waals surface area contributed by atoms with Crippen molar-refractivity contribution in [3.8, 4) is 11.3 Å². The number of carbonyl (C=O) groups excluding carboxylic acids is 1. The molecule has 1 aliphatic carbocycles. The number of urea groups is 1. The van der Waals surface area contributed by atoms with Crippen LogP contribution in [-0.2, 0) is 22.6 Å². The van der Waals surface area contributed by atoms with E-state index in [0.717, 1.165) is 65.9 Å². The molecule has 6 rings (SSSR count). The first kappa shape index (κ1) is 27.4. The Balaban J connectivity index is 1.10. The summed E-state index contributed by atoms with van der Waals surface area (Å²) in [4.78, 5) is 14.1. The summed E-state index contributed by atoms with van der Waals surface area (Å²) in [5, 5.41) is 8.68. The van der Waals surface area contributed by atoms with Gasteiger partial charge in [0.25, 0.3) is 11.3 Å². The van der Waals surface area contributed by atoms with E-state index in [1.807, 2.05) is 29.0 Å². The maximum absolute atomic E-state index is 11.8. The molecule has 2 aromatic carbocycles. The summed E-state index contributed by atoms with van der Waals surface area (Å²) in [6.07, 6.45) is 3.96. The number of halogens is 2. The van der Waals surface area contributed by atoms with Gasteiger partial charge >= 0.3 is 6.03 Å². The molecule has 10 nitrogen and oxygen atoms in total. The van der Waals surface area contributed by atoms with E-state index in [1.54, 1.807) is 12.1 Å². The van der Waals surface area contributed by atoms with E-state index in [4.69, 9.17) is 37.0 Å². The highest BCUT2D eigenvalue weighted by atomic mass is 35.5. The van der Waals surface area contributed by atoms with Crippen molar-refractivity contribution in [2.24, 2.45) is 0 Å². The highest BCUT2D eigenvalue weighted by Crippen LogP contribution is 2.46. The lowest BCUT2D eigenvalue weighted by Gasteiger charge is -2.33. The number of hydrogen-bond acceptors (Lipinski definition) is 8. The van der Waals surface area contributed by atoms with Gasteiger partial charge in [-0.1, -0.05) is 34.4 Å². The van der Waals surface area contributed by atoms with E-state index in [2.05, 4.69) is 19.7 Å². The first-order chi connectivity index (χ1) is 19.4. The number of anilines is 2. The van der Waals surface area contributed by atoms with Crippen molar-refractivity contribution in [2.75, 3.05) is 23.3 Å². The number of ether oxygens (including phenoxy) is 1. The summed E-state index contributed by atoms with van der Waals surface area (Å²) >= 11 is 11.8. The molecule has 1 saturated heterocycles. The third-order valence-corrected chi connectivity index (χ3v) is 8.90. The monoisotopic (exact) mass is 621 g/mol. The fourth-order valence-electron chi connectivity index (χ4n) is 4.96. The number of hydrogen-bond donors (Lipinski definition) is 3. The minimum atomic E-state index is -2.45. The topological polar surface area (TPSA) is 130 Å². The highest BCUT2D eigenvalue weighted by molar-refractivity contribution is 7.77. The summed E-state index contributed by atoms with van der Waals surface area (Å²) in [5.41, 5.74) is 3.33. The lowest BCUT2D eigenvalue weighted by molar-refractivity contribution is 0.0246. The Hall–Kier alpha value is -2.74. The number of aromatic nitrogens is 2. The van der Waals surface area contributed by atoms with Gasteiger partial charge in [-0.2, -0.15) is 4.37 Å². The summed E-state index contributed by atoms with van der Waals surface area (Å²) in [6, 6.07) is 10.5. The predicted molar refractivity (Wildman–Crippen MR) is 157 cm³/mol. The SMILES string of the molecule is O=C(Nc1nsc2cc(N3CCC(OCc4c(-c5c(Cl)cccc5Cl)noc4C4CC4)CC3)ccc12)NS(=O)O. The van der Waals surface area contributed by atoms with Crippen molar-refractivity contribution in [2.45, 2.75) is 44.3 Å². The second kappa shape index (κ2) is 11.6. The molecule has 1 saturated carbocycles. The second-order valence-electron chi connectivity index (χ2n) is 9.76. The van der Waals surface area contributed by atoms with Crippen molar-refractivity contribution < 1.29 is 22.8 Å². The quantitative estimate of drug-likeness (QED) is 0.188. The van der Waals surface area contributed by atoms with Crippen LogP contribution in [0.25, 0.3) is 21.3 Å². The molecule has 2 amide bonds. The summed E-state index contributed by atoms with van der Waals surface area (Å²) in [5.74, 6) is 1.59. The third-order valence-electron chi connectivity index (χ3n) is 7.10. The van der Waals surface area contributed by atoms with Gasteiger partial charge in [0.15, 0.2) is 5.82 Å². The molecule has 3 heterocycles. The molecule has 1 aliphatic heterocycles. The lowest BCUT2D eigenvalue weighted by Crippen LogP contribution is -2.37. The lowest BCUT2D eigenvalue weighted by atomic mass is 10.0. The van der Waals surface area contributed by atoms with E-state index in [1.165, 1.54) is 11.5 Å². The van der Waals surface area contributed by atoms with E-state index in [-0.39, 0.29) is 6.10 Å². The fraction of sp³-hybridized carbons (Fsp3) is 0.346. The Bertz CT molecular complexity index is 1560. The van der Waals surface area contributed by atoms with Crippen molar-refractivity contribution in [1.29, 1.82) is 0 Å². The van der Waals surface area contributed by atoms with Crippen LogP contribution in [0.2, 0.25) is 10.0 Å². The van der Waals surface area contributed by atoms with Crippen LogP contribution >= 0.6 is 34.7 Å². The molecule has 2 fully saturated rings. The molecule has 210 valence electrons. The molecule has 1 atom stereocenters. The molecular formula is C26H25Cl2N5O5S2. The first-order valence-electron chi connectivity index (χ1n) is 12.7. The molecule has 2 aliphatic rings. The molecule has 40 heavy (non-hydrogen) atoms. The Morgan fingerprint density at radius 1 is 1.18 bits per heavy atom. The summed E-state index contributed by atoms with van der Waals surface area (Å²) < 4.78 is 38.8. The van der Waals surface area contributed by atoms with Crippen molar-refractivity contribution in [3.63, 3.8) is 0 Å². The molecule has 1 unspecified atom stereocenters. The molecule has 0 spiro atoms. The average molecular weight is 623 g/mol. The normalized spacial score (nSPS) is 16.8. The van der Waals surface area contributed by atoms with Gasteiger partial charge < -0.3 is 14.2 Å². The van der Waals surface area contributed by atoms with Crippen molar-refractivity contribution >= 4 is 73.6 Å². The number of benzene rings is 2. The van der Waals surface area contributed by atoms with E-state index >= 15 is 0 Å². The first-order valence-corrected chi connectivity index (χ1v) is 15.4. The molecule has 14 heteroatoms. The number of fused-ring (bicyclic) bond motifs is 1. The van der Waals surface area contributed by atoms with Gasteiger partial charge in [0.2, 0.25) is 0 Å². The largest absolute Gasteiger partial charge is 0.373 e. The zero-order valence-electron chi connectivity index (χ0n) is 21.1. The van der Waals surface area contributed by atoms with Crippen LogP contribution in [-0.4, -0.2) is 43.5 Å². The average Bonchev–Trinajstić information content (AvgIpc) is 3.58. The van der Waals surface area contributed by atoms with Gasteiger partial charge in [-0.3, -0.25) is 9.87 Å². The van der Waals surface area contributed by atoms with Gasteiger partial charge in [0, 0.05) is 41.2 Å². The summed E-state index contributed by atoms with van der Waals surface area (Å²) in [7, 11) is 0. The van der Waals surface area contributed by atoms with Crippen molar-refractivity contribution in [3.05, 3.63) is 57.8 Å². The zero-order chi connectivity index (χ0) is 27.8. The van der Waals surface area contributed by atoms with Crippen LogP contribution < -0.4 is 14.9 Å². The zero-order valence-corrected chi connectivity index (χ0v) is 24.2. The molecule has 0 radical (unpaired) electrons. The molecular weight excluding hydrogens is 597 g/mol. The van der Waals surface area contributed by atoms with Crippen molar-refractivity contribution in [1.82, 2.24) is 14.3 Å². The molecule has 0 bridgehead atoms. The minimum absolute atomic E-state index is 0.0892.